The van der Waals surface area contributed by atoms with Crippen LogP contribution in [0.15, 0.2) is 59.9 Å². The van der Waals surface area contributed by atoms with E-state index in [9.17, 15) is 19.2 Å². The van der Waals surface area contributed by atoms with Crippen molar-refractivity contribution in [1.29, 1.82) is 0 Å². The molecular weight excluding hydrogens is 803 g/mol. The number of rotatable bonds is 8. The number of imidazole rings is 1. The van der Waals surface area contributed by atoms with Gasteiger partial charge in [-0.15, -0.1) is 0 Å². The van der Waals surface area contributed by atoms with Gasteiger partial charge in [-0.3, -0.25) is 38.4 Å². The maximum atomic E-state index is 16.2. The number of hydrogen-bond donors (Lipinski definition) is 2. The van der Waals surface area contributed by atoms with E-state index in [0.29, 0.717) is 64.9 Å². The third kappa shape index (κ3) is 6.63. The highest BCUT2D eigenvalue weighted by Crippen LogP contribution is 2.44. The molecule has 6 aromatic rings. The predicted octanol–water partition coefficient (Wildman–Crippen LogP) is 4.68. The summed E-state index contributed by atoms with van der Waals surface area (Å²) in [6, 6.07) is 8.30. The van der Waals surface area contributed by atoms with Gasteiger partial charge in [-0.2, -0.15) is 10.2 Å². The summed E-state index contributed by atoms with van der Waals surface area (Å²) < 4.78 is 44.4. The van der Waals surface area contributed by atoms with Gasteiger partial charge < -0.3 is 15.0 Å². The summed E-state index contributed by atoms with van der Waals surface area (Å²) in [5.41, 5.74) is 2.27. The second-order valence-corrected chi connectivity index (χ2v) is 17.7. The Balaban J connectivity index is 0.00000259. The first-order chi connectivity index (χ1) is 30.0. The van der Waals surface area contributed by atoms with Crippen molar-refractivity contribution < 1.29 is 30.8 Å². The SMILES string of the molecule is Cn1c(=O)n(C2CCC(=O)NC2=O)c2cccc(C3CCN(CC4CCC(n5cc6cc(NC(=O)c7cnn8ccc(N9C[C@H]%10C[C@@H]9CO%10)nc78)ncc6n5)CC4)CC3(F)F)c21.[HH].[HH]. The molecule has 2 unspecified atom stereocenters. The second kappa shape index (κ2) is 14.8. The van der Waals surface area contributed by atoms with Gasteiger partial charge >= 0.3 is 5.69 Å². The third-order valence-corrected chi connectivity index (χ3v) is 13.9. The van der Waals surface area contributed by atoms with Gasteiger partial charge in [0.2, 0.25) is 11.8 Å². The number of morpholine rings is 1. The zero-order chi connectivity index (χ0) is 42.4. The van der Waals surface area contributed by atoms with Crippen molar-refractivity contribution in [3.63, 3.8) is 0 Å². The van der Waals surface area contributed by atoms with Crippen molar-refractivity contribution in [3.05, 3.63) is 76.7 Å². The number of aryl methyl sites for hydroxylation is 1. The number of aromatic nitrogens is 8. The van der Waals surface area contributed by atoms with E-state index in [2.05, 4.69) is 25.6 Å². The Morgan fingerprint density at radius 3 is 2.69 bits per heavy atom. The van der Waals surface area contributed by atoms with E-state index in [1.54, 1.807) is 36.0 Å². The topological polar surface area (TPSA) is 179 Å². The van der Waals surface area contributed by atoms with Crippen molar-refractivity contribution in [3.8, 4) is 0 Å². The Bertz CT molecular complexity index is 2850. The average Bonchev–Trinajstić information content (AvgIpc) is 4.10. The van der Waals surface area contributed by atoms with E-state index >= 15 is 8.78 Å². The van der Waals surface area contributed by atoms with Crippen molar-refractivity contribution in [2.75, 3.05) is 43.0 Å². The van der Waals surface area contributed by atoms with Crippen LogP contribution >= 0.6 is 0 Å². The van der Waals surface area contributed by atoms with Gasteiger partial charge in [-0.1, -0.05) is 12.1 Å². The molecule has 4 aliphatic heterocycles. The fourth-order valence-electron chi connectivity index (χ4n) is 10.7. The molecule has 9 heterocycles. The number of halogens is 2. The fourth-order valence-corrected chi connectivity index (χ4v) is 10.7. The normalized spacial score (nSPS) is 26.5. The lowest BCUT2D eigenvalue weighted by Crippen LogP contribution is -2.49. The van der Waals surface area contributed by atoms with E-state index < -0.39 is 35.4 Å². The predicted molar refractivity (Wildman–Crippen MR) is 227 cm³/mol. The van der Waals surface area contributed by atoms with Gasteiger partial charge in [0.1, 0.15) is 28.8 Å². The van der Waals surface area contributed by atoms with E-state index in [4.69, 9.17) is 14.8 Å². The molecule has 326 valence electrons. The zero-order valence-electron chi connectivity index (χ0n) is 34.1. The molecule has 3 amide bonds. The number of imide groups is 1. The highest BCUT2D eigenvalue weighted by Gasteiger charge is 2.47. The molecule has 5 fully saturated rings. The van der Waals surface area contributed by atoms with Gasteiger partial charge in [0.15, 0.2) is 5.65 Å². The van der Waals surface area contributed by atoms with Crippen LogP contribution in [0.1, 0.15) is 88.1 Å². The number of nitrogens with zero attached hydrogens (tertiary/aromatic N) is 10. The lowest BCUT2D eigenvalue weighted by atomic mass is 9.83. The summed E-state index contributed by atoms with van der Waals surface area (Å²) in [6.07, 6.45) is 12.1. The monoisotopic (exact) mass is 852 g/mol. The number of alkyl halides is 2. The number of benzene rings is 1. The van der Waals surface area contributed by atoms with Gasteiger partial charge in [-0.25, -0.2) is 28.1 Å². The summed E-state index contributed by atoms with van der Waals surface area (Å²) in [4.78, 5) is 64.8. The summed E-state index contributed by atoms with van der Waals surface area (Å²) >= 11 is 0. The number of fused-ring (bicyclic) bond motifs is 5. The van der Waals surface area contributed by atoms with E-state index in [-0.39, 0.29) is 52.6 Å². The Kier molecular flexibility index (Phi) is 9.26. The van der Waals surface area contributed by atoms with Crippen LogP contribution in [0.2, 0.25) is 0 Å². The molecule has 5 aromatic heterocycles. The maximum absolute atomic E-state index is 16.2. The number of carbonyl (C=O) groups is 3. The van der Waals surface area contributed by atoms with Crippen molar-refractivity contribution in [2.45, 2.75) is 87.4 Å². The van der Waals surface area contributed by atoms with Crippen molar-refractivity contribution in [1.82, 2.24) is 48.7 Å². The number of anilines is 2. The first-order valence-electron chi connectivity index (χ1n) is 21.5. The van der Waals surface area contributed by atoms with Gasteiger partial charge in [-0.05, 0) is 81.2 Å². The fraction of sp³-hybridized carbons (Fsp3) is 0.488. The number of ether oxygens (including phenoxy) is 1. The van der Waals surface area contributed by atoms with Crippen LogP contribution in [0, 0.1) is 5.92 Å². The number of piperidine rings is 2. The van der Waals surface area contributed by atoms with Crippen LogP contribution < -0.4 is 21.2 Å². The molecule has 1 saturated carbocycles. The minimum atomic E-state index is -3.05. The molecule has 19 heteroatoms. The van der Waals surface area contributed by atoms with Crippen LogP contribution in [-0.4, -0.2) is 112 Å². The lowest BCUT2D eigenvalue weighted by molar-refractivity contribution is -0.135. The average molecular weight is 853 g/mol. The lowest BCUT2D eigenvalue weighted by Gasteiger charge is -2.41. The molecular formula is C43H50F2N12O5. The van der Waals surface area contributed by atoms with E-state index in [1.807, 2.05) is 34.1 Å². The molecule has 0 spiro atoms. The quantitative estimate of drug-likeness (QED) is 0.203. The molecule has 0 radical (unpaired) electrons. The third-order valence-electron chi connectivity index (χ3n) is 13.9. The summed E-state index contributed by atoms with van der Waals surface area (Å²) in [5.74, 6) is -4.00. The standard InChI is InChI=1S/C43H46F2N12O5.2H2/c1-52-38-29(3-2-4-33(38)57(42(52)61)34-9-10-37(58)50-41(34)60)31-11-13-53(23-43(31,44)45)19-24-5-7-26(8-6-24)56-20-25-15-35(46-18-32(25)51-56)48-40(59)30-17-47-55-14-12-36(49-39(30)55)54-21-28-16-27(54)22-62-28;;/h2-4,12,14-15,17-18,20,24,26-28,31,34H,5-11,13,16,19,21-23H2,1H3,(H,48,59)(H,50,58,60);2*1H/t24?,26?,27-,28-,31?,34?;;/m1../s1. The molecule has 4 saturated heterocycles. The maximum Gasteiger partial charge on any atom is 0.329 e. The molecule has 11 rings (SSSR count). The van der Waals surface area contributed by atoms with Crippen molar-refractivity contribution in [2.24, 2.45) is 13.0 Å². The number of hydrogen-bond acceptors (Lipinski definition) is 11. The van der Waals surface area contributed by atoms with E-state index in [1.165, 1.54) is 15.3 Å². The van der Waals surface area contributed by atoms with Crippen LogP contribution in [0.25, 0.3) is 27.6 Å². The second-order valence-electron chi connectivity index (χ2n) is 17.7. The van der Waals surface area contributed by atoms with Gasteiger partial charge in [0.05, 0.1) is 60.7 Å². The number of para-hydroxylation sites is 1. The Morgan fingerprint density at radius 1 is 1.06 bits per heavy atom. The molecule has 17 nitrogen and oxygen atoms in total. The Hall–Kier alpha value is -6.08. The number of carbonyl (C=O) groups excluding carboxylic acids is 3. The molecule has 4 atom stereocenters. The summed E-state index contributed by atoms with van der Waals surface area (Å²) in [5, 5.41) is 15.2. The zero-order valence-corrected chi connectivity index (χ0v) is 34.1. The van der Waals surface area contributed by atoms with Crippen LogP contribution in [0.3, 0.4) is 0 Å². The summed E-state index contributed by atoms with van der Waals surface area (Å²) in [6.45, 7) is 2.16. The first-order valence-corrected chi connectivity index (χ1v) is 21.5. The van der Waals surface area contributed by atoms with Crippen molar-refractivity contribution >= 4 is 56.9 Å². The number of pyridine rings is 1. The largest absolute Gasteiger partial charge is 0.374 e. The number of nitrogens with one attached hydrogen (secondary N) is 2. The molecule has 1 aliphatic carbocycles. The molecule has 62 heavy (non-hydrogen) atoms. The van der Waals surface area contributed by atoms with Crippen LogP contribution in [0.5, 0.6) is 0 Å². The highest BCUT2D eigenvalue weighted by molar-refractivity contribution is 6.08. The first kappa shape index (κ1) is 38.8. The van der Waals surface area contributed by atoms with Gasteiger partial charge in [0.25, 0.3) is 11.8 Å². The Labute approximate surface area is 356 Å². The summed E-state index contributed by atoms with van der Waals surface area (Å²) in [7, 11) is 1.55. The van der Waals surface area contributed by atoms with Crippen LogP contribution in [0.4, 0.5) is 20.4 Å². The minimum Gasteiger partial charge on any atom is -0.374 e. The van der Waals surface area contributed by atoms with Crippen LogP contribution in [-0.2, 0) is 21.4 Å². The molecule has 2 bridgehead atoms. The molecule has 5 aliphatic rings. The van der Waals surface area contributed by atoms with Gasteiger partial charge in [0, 0.05) is 47.2 Å². The highest BCUT2D eigenvalue weighted by atomic mass is 19.3. The molecule has 2 N–H and O–H groups in total. The number of likely N-dealkylation sites (tertiary alicyclic amines) is 1. The minimum absolute atomic E-state index is 0. The van der Waals surface area contributed by atoms with E-state index in [0.717, 1.165) is 49.9 Å². The molecule has 1 aromatic carbocycles. The smallest absolute Gasteiger partial charge is 0.329 e. The number of amides is 3. The Morgan fingerprint density at radius 2 is 1.92 bits per heavy atom.